The summed E-state index contributed by atoms with van der Waals surface area (Å²) in [5.41, 5.74) is -0.332. The van der Waals surface area contributed by atoms with Gasteiger partial charge < -0.3 is 15.5 Å². The fraction of sp³-hybridized carbons (Fsp3) is 0.923. The first kappa shape index (κ1) is 14.5. The van der Waals surface area contributed by atoms with Crippen LogP contribution in [0.1, 0.15) is 40.0 Å². The normalized spacial score (nSPS) is 24.2. The van der Waals surface area contributed by atoms with E-state index in [9.17, 15) is 4.79 Å². The average Bonchev–Trinajstić information content (AvgIpc) is 2.76. The topological polar surface area (TPSA) is 44.4 Å². The Bertz CT molecular complexity index is 237. The van der Waals surface area contributed by atoms with Gasteiger partial charge in [0.15, 0.2) is 0 Å². The highest BCUT2D eigenvalue weighted by Crippen LogP contribution is 2.18. The van der Waals surface area contributed by atoms with E-state index < -0.39 is 0 Å². The van der Waals surface area contributed by atoms with Crippen molar-refractivity contribution in [3.05, 3.63) is 0 Å². The molecule has 2 N–H and O–H groups in total. The molecular formula is C13H27N3O. The Labute approximate surface area is 105 Å². The van der Waals surface area contributed by atoms with Crippen LogP contribution in [0, 0.1) is 0 Å². The average molecular weight is 241 g/mol. The number of carbonyl (C=O) groups is 1. The molecule has 0 aromatic heterocycles. The third-order valence-corrected chi connectivity index (χ3v) is 3.57. The highest BCUT2D eigenvalue weighted by Gasteiger charge is 2.35. The van der Waals surface area contributed by atoms with Crippen LogP contribution in [0.15, 0.2) is 0 Å². The molecule has 0 saturated carbocycles. The van der Waals surface area contributed by atoms with Gasteiger partial charge in [0.2, 0.25) is 5.91 Å². The second-order valence-corrected chi connectivity index (χ2v) is 5.05. The quantitative estimate of drug-likeness (QED) is 0.698. The van der Waals surface area contributed by atoms with E-state index in [2.05, 4.69) is 29.4 Å². The van der Waals surface area contributed by atoms with E-state index in [0.717, 1.165) is 45.6 Å². The molecule has 4 nitrogen and oxygen atoms in total. The van der Waals surface area contributed by atoms with Crippen molar-refractivity contribution >= 4 is 5.91 Å². The number of carbonyl (C=O) groups excluding carboxylic acids is 1. The molecule has 0 bridgehead atoms. The molecule has 1 unspecified atom stereocenters. The molecule has 1 aliphatic rings. The lowest BCUT2D eigenvalue weighted by Gasteiger charge is -2.25. The second kappa shape index (κ2) is 6.97. The molecule has 1 atom stereocenters. The fourth-order valence-corrected chi connectivity index (χ4v) is 2.36. The maximum absolute atomic E-state index is 12.0. The summed E-state index contributed by atoms with van der Waals surface area (Å²) < 4.78 is 0. The lowest BCUT2D eigenvalue weighted by atomic mass is 9.99. The molecule has 0 aromatic carbocycles. The van der Waals surface area contributed by atoms with Crippen molar-refractivity contribution in [1.82, 2.24) is 15.5 Å². The van der Waals surface area contributed by atoms with Crippen LogP contribution >= 0.6 is 0 Å². The minimum atomic E-state index is -0.332. The third kappa shape index (κ3) is 4.28. The number of hydrogen-bond donors (Lipinski definition) is 2. The summed E-state index contributed by atoms with van der Waals surface area (Å²) in [6.07, 6.45) is 3.22. The van der Waals surface area contributed by atoms with Gasteiger partial charge in [0, 0.05) is 13.1 Å². The Morgan fingerprint density at radius 2 is 2.18 bits per heavy atom. The predicted octanol–water partition coefficient (Wildman–Crippen LogP) is 0.977. The van der Waals surface area contributed by atoms with E-state index in [1.54, 1.807) is 0 Å². The summed E-state index contributed by atoms with van der Waals surface area (Å²) in [6, 6.07) is 0. The predicted molar refractivity (Wildman–Crippen MR) is 71.1 cm³/mol. The Balaban J connectivity index is 2.23. The molecule has 4 heteroatoms. The van der Waals surface area contributed by atoms with E-state index in [1.807, 2.05) is 6.92 Å². The van der Waals surface area contributed by atoms with Crippen molar-refractivity contribution < 1.29 is 4.79 Å². The molecule has 0 radical (unpaired) electrons. The number of rotatable bonds is 7. The molecular weight excluding hydrogens is 214 g/mol. The van der Waals surface area contributed by atoms with Gasteiger partial charge >= 0.3 is 0 Å². The zero-order valence-electron chi connectivity index (χ0n) is 11.5. The first-order chi connectivity index (χ1) is 8.12. The molecule has 1 heterocycles. The van der Waals surface area contributed by atoms with Gasteiger partial charge in [-0.05, 0) is 45.8 Å². The summed E-state index contributed by atoms with van der Waals surface area (Å²) in [5.74, 6) is 0.155. The molecule has 1 saturated heterocycles. The molecule has 1 rings (SSSR count). The highest BCUT2D eigenvalue weighted by atomic mass is 16.2. The van der Waals surface area contributed by atoms with Crippen molar-refractivity contribution in [2.24, 2.45) is 0 Å². The van der Waals surface area contributed by atoms with Gasteiger partial charge in [0.05, 0.1) is 5.54 Å². The Kier molecular flexibility index (Phi) is 5.92. The zero-order chi connectivity index (χ0) is 12.7. The van der Waals surface area contributed by atoms with Crippen LogP contribution < -0.4 is 10.6 Å². The molecule has 1 aliphatic heterocycles. The number of hydrogen-bond acceptors (Lipinski definition) is 3. The molecule has 100 valence electrons. The van der Waals surface area contributed by atoms with Crippen molar-refractivity contribution in [2.45, 2.75) is 45.6 Å². The van der Waals surface area contributed by atoms with Crippen LogP contribution in [0.2, 0.25) is 0 Å². The summed E-state index contributed by atoms with van der Waals surface area (Å²) in [7, 11) is 0. The molecule has 17 heavy (non-hydrogen) atoms. The van der Waals surface area contributed by atoms with Gasteiger partial charge in [-0.2, -0.15) is 0 Å². The number of likely N-dealkylation sites (N-methyl/N-ethyl adjacent to an activating group) is 1. The number of nitrogens with zero attached hydrogens (tertiary/aromatic N) is 1. The summed E-state index contributed by atoms with van der Waals surface area (Å²) in [6.45, 7) is 11.2. The van der Waals surface area contributed by atoms with Gasteiger partial charge in [-0.25, -0.2) is 0 Å². The van der Waals surface area contributed by atoms with Crippen LogP contribution in [0.4, 0.5) is 0 Å². The monoisotopic (exact) mass is 241 g/mol. The van der Waals surface area contributed by atoms with Crippen molar-refractivity contribution in [3.63, 3.8) is 0 Å². The lowest BCUT2D eigenvalue weighted by molar-refractivity contribution is -0.126. The van der Waals surface area contributed by atoms with Gasteiger partial charge in [-0.15, -0.1) is 0 Å². The van der Waals surface area contributed by atoms with Crippen LogP contribution in [0.3, 0.4) is 0 Å². The number of nitrogens with one attached hydrogen (secondary N) is 2. The zero-order valence-corrected chi connectivity index (χ0v) is 11.5. The summed E-state index contributed by atoms with van der Waals surface area (Å²) in [4.78, 5) is 14.4. The molecule has 0 spiro atoms. The van der Waals surface area contributed by atoms with E-state index in [0.29, 0.717) is 0 Å². The summed E-state index contributed by atoms with van der Waals surface area (Å²) >= 11 is 0. The van der Waals surface area contributed by atoms with Crippen LogP contribution in [-0.4, -0.2) is 49.1 Å². The smallest absolute Gasteiger partial charge is 0.240 e. The van der Waals surface area contributed by atoms with Crippen molar-refractivity contribution in [3.8, 4) is 0 Å². The maximum atomic E-state index is 12.0. The fourth-order valence-electron chi connectivity index (χ4n) is 2.36. The summed E-state index contributed by atoms with van der Waals surface area (Å²) in [5, 5.41) is 6.33. The first-order valence-corrected chi connectivity index (χ1v) is 6.88. The lowest BCUT2D eigenvalue weighted by Crippen LogP contribution is -2.52. The largest absolute Gasteiger partial charge is 0.353 e. The van der Waals surface area contributed by atoms with E-state index >= 15 is 0 Å². The molecule has 0 aromatic rings. The van der Waals surface area contributed by atoms with Crippen molar-refractivity contribution in [1.29, 1.82) is 0 Å². The third-order valence-electron chi connectivity index (χ3n) is 3.57. The SMILES string of the molecule is CCCN(CC)CCNC(=O)C1(C)CCCN1. The second-order valence-electron chi connectivity index (χ2n) is 5.05. The maximum Gasteiger partial charge on any atom is 0.240 e. The molecule has 1 fully saturated rings. The first-order valence-electron chi connectivity index (χ1n) is 6.88. The Hall–Kier alpha value is -0.610. The van der Waals surface area contributed by atoms with Gasteiger partial charge in [0.25, 0.3) is 0 Å². The van der Waals surface area contributed by atoms with Gasteiger partial charge in [-0.3, -0.25) is 4.79 Å². The Morgan fingerprint density at radius 3 is 2.71 bits per heavy atom. The van der Waals surface area contributed by atoms with Crippen molar-refractivity contribution in [2.75, 3.05) is 32.7 Å². The van der Waals surface area contributed by atoms with E-state index in [-0.39, 0.29) is 11.4 Å². The van der Waals surface area contributed by atoms with Crippen LogP contribution in [0.5, 0.6) is 0 Å². The highest BCUT2D eigenvalue weighted by molar-refractivity contribution is 5.86. The Morgan fingerprint density at radius 1 is 1.41 bits per heavy atom. The van der Waals surface area contributed by atoms with Gasteiger partial charge in [0.1, 0.15) is 0 Å². The standard InChI is InChI=1S/C13H27N3O/c1-4-10-16(5-2)11-9-14-12(17)13(3)7-6-8-15-13/h15H,4-11H2,1-3H3,(H,14,17). The minimum Gasteiger partial charge on any atom is -0.353 e. The van der Waals surface area contributed by atoms with E-state index in [4.69, 9.17) is 0 Å². The molecule has 1 amide bonds. The van der Waals surface area contributed by atoms with Crippen LogP contribution in [0.25, 0.3) is 0 Å². The number of amides is 1. The van der Waals surface area contributed by atoms with E-state index in [1.165, 1.54) is 6.42 Å². The van der Waals surface area contributed by atoms with Crippen LogP contribution in [-0.2, 0) is 4.79 Å². The van der Waals surface area contributed by atoms with Gasteiger partial charge in [-0.1, -0.05) is 13.8 Å². The molecule has 0 aliphatic carbocycles. The minimum absolute atomic E-state index is 0.155.